The Balaban J connectivity index is 1.54. The molecule has 1 fully saturated rings. The molecule has 0 saturated carbocycles. The average Bonchev–Trinajstić information content (AvgIpc) is 2.64. The Kier molecular flexibility index (Phi) is 4.88. The lowest BCUT2D eigenvalue weighted by molar-refractivity contribution is 0.0633. The summed E-state index contributed by atoms with van der Waals surface area (Å²) < 4.78 is 5.37. The maximum absolute atomic E-state index is 12.5. The molecule has 0 aliphatic carbocycles. The highest BCUT2D eigenvalue weighted by Gasteiger charge is 2.25. The topological polar surface area (TPSA) is 75.9 Å². The third-order valence-corrected chi connectivity index (χ3v) is 4.21. The van der Waals surface area contributed by atoms with Crippen LogP contribution in [0.1, 0.15) is 15.9 Å². The van der Waals surface area contributed by atoms with Crippen molar-refractivity contribution in [3.63, 3.8) is 0 Å². The van der Waals surface area contributed by atoms with Crippen molar-refractivity contribution in [1.29, 1.82) is 0 Å². The Bertz CT molecular complexity index is 748. The van der Waals surface area contributed by atoms with E-state index in [9.17, 15) is 9.59 Å². The van der Waals surface area contributed by atoms with E-state index in [2.05, 4.69) is 0 Å². The number of rotatable bonds is 2. The molecule has 2 aromatic carbocycles. The van der Waals surface area contributed by atoms with Crippen LogP contribution < -0.4 is 10.5 Å². The first-order chi connectivity index (χ1) is 12.0. The minimum atomic E-state index is -0.386. The number of aryl methyl sites for hydroxylation is 1. The van der Waals surface area contributed by atoms with Gasteiger partial charge in [-0.05, 0) is 43.3 Å². The standard InChI is InChI=1S/C19H21N3O3/c1-14-2-8-17(9-3-14)25-19(24)22-12-10-21(11-13-22)18(23)15-4-6-16(20)7-5-15/h2-9H,10-13,20H2,1H3. The number of nitrogens with two attached hydrogens (primary N) is 1. The molecule has 130 valence electrons. The zero-order chi connectivity index (χ0) is 17.8. The number of nitrogens with zero attached hydrogens (tertiary/aromatic N) is 2. The maximum atomic E-state index is 12.5. The minimum Gasteiger partial charge on any atom is -0.410 e. The number of amides is 2. The molecule has 1 aliphatic rings. The molecule has 1 aliphatic heterocycles. The summed E-state index contributed by atoms with van der Waals surface area (Å²) in [6, 6.07) is 14.2. The number of benzene rings is 2. The van der Waals surface area contributed by atoms with Gasteiger partial charge < -0.3 is 20.3 Å². The summed E-state index contributed by atoms with van der Waals surface area (Å²) in [5.74, 6) is 0.475. The van der Waals surface area contributed by atoms with E-state index < -0.39 is 0 Å². The van der Waals surface area contributed by atoms with E-state index in [-0.39, 0.29) is 12.0 Å². The van der Waals surface area contributed by atoms with E-state index in [4.69, 9.17) is 10.5 Å². The number of piperazine rings is 1. The van der Waals surface area contributed by atoms with E-state index in [1.165, 1.54) is 0 Å². The lowest BCUT2D eigenvalue weighted by Crippen LogP contribution is -2.51. The second-order valence-corrected chi connectivity index (χ2v) is 6.08. The van der Waals surface area contributed by atoms with Gasteiger partial charge in [0.15, 0.2) is 0 Å². The SMILES string of the molecule is Cc1ccc(OC(=O)N2CCN(C(=O)c3ccc(N)cc3)CC2)cc1. The van der Waals surface area contributed by atoms with Crippen LogP contribution in [0.5, 0.6) is 5.75 Å². The molecule has 0 radical (unpaired) electrons. The highest BCUT2D eigenvalue weighted by Crippen LogP contribution is 2.15. The number of hydrogen-bond donors (Lipinski definition) is 1. The highest BCUT2D eigenvalue weighted by atomic mass is 16.6. The molecular formula is C19H21N3O3. The van der Waals surface area contributed by atoms with Gasteiger partial charge in [-0.15, -0.1) is 0 Å². The molecule has 2 amide bonds. The molecule has 0 atom stereocenters. The Morgan fingerprint density at radius 3 is 2.04 bits per heavy atom. The molecule has 3 rings (SSSR count). The van der Waals surface area contributed by atoms with Crippen LogP contribution in [0.3, 0.4) is 0 Å². The smallest absolute Gasteiger partial charge is 0.410 e. The number of anilines is 1. The van der Waals surface area contributed by atoms with Crippen LogP contribution in [0.2, 0.25) is 0 Å². The van der Waals surface area contributed by atoms with Crippen molar-refractivity contribution in [3.8, 4) is 5.75 Å². The summed E-state index contributed by atoms with van der Waals surface area (Å²) in [6.45, 7) is 3.83. The van der Waals surface area contributed by atoms with Gasteiger partial charge in [-0.1, -0.05) is 17.7 Å². The van der Waals surface area contributed by atoms with Crippen molar-refractivity contribution in [3.05, 3.63) is 59.7 Å². The van der Waals surface area contributed by atoms with Gasteiger partial charge in [-0.3, -0.25) is 4.79 Å². The Hall–Kier alpha value is -3.02. The molecule has 0 bridgehead atoms. The monoisotopic (exact) mass is 339 g/mol. The molecule has 25 heavy (non-hydrogen) atoms. The van der Waals surface area contributed by atoms with Crippen LogP contribution in [-0.2, 0) is 0 Å². The molecule has 0 spiro atoms. The van der Waals surface area contributed by atoms with E-state index in [0.717, 1.165) is 5.56 Å². The van der Waals surface area contributed by atoms with Gasteiger partial charge in [0, 0.05) is 37.4 Å². The molecule has 0 aromatic heterocycles. The minimum absolute atomic E-state index is 0.0495. The summed E-state index contributed by atoms with van der Waals surface area (Å²) in [7, 11) is 0. The van der Waals surface area contributed by atoms with Crippen LogP contribution in [0.15, 0.2) is 48.5 Å². The third-order valence-electron chi connectivity index (χ3n) is 4.21. The number of carbonyl (C=O) groups is 2. The van der Waals surface area contributed by atoms with Gasteiger partial charge >= 0.3 is 6.09 Å². The van der Waals surface area contributed by atoms with Crippen LogP contribution in [-0.4, -0.2) is 48.0 Å². The maximum Gasteiger partial charge on any atom is 0.415 e. The average molecular weight is 339 g/mol. The van der Waals surface area contributed by atoms with Gasteiger partial charge in [0.2, 0.25) is 0 Å². The van der Waals surface area contributed by atoms with Crippen molar-refractivity contribution < 1.29 is 14.3 Å². The lowest BCUT2D eigenvalue weighted by atomic mass is 10.1. The largest absolute Gasteiger partial charge is 0.415 e. The van der Waals surface area contributed by atoms with Crippen molar-refractivity contribution in [1.82, 2.24) is 9.80 Å². The number of nitrogen functional groups attached to an aromatic ring is 1. The molecule has 6 nitrogen and oxygen atoms in total. The lowest BCUT2D eigenvalue weighted by Gasteiger charge is -2.34. The molecule has 1 heterocycles. The normalized spacial score (nSPS) is 14.3. The second kappa shape index (κ2) is 7.25. The van der Waals surface area contributed by atoms with Gasteiger partial charge in [-0.25, -0.2) is 4.79 Å². The first-order valence-corrected chi connectivity index (χ1v) is 8.21. The van der Waals surface area contributed by atoms with Crippen molar-refractivity contribution in [2.45, 2.75) is 6.92 Å². The molecular weight excluding hydrogens is 318 g/mol. The van der Waals surface area contributed by atoms with Crippen molar-refractivity contribution in [2.75, 3.05) is 31.9 Å². The van der Waals surface area contributed by atoms with Gasteiger partial charge in [0.05, 0.1) is 0 Å². The quantitative estimate of drug-likeness (QED) is 0.853. The predicted octanol–water partition coefficient (Wildman–Crippen LogP) is 2.53. The van der Waals surface area contributed by atoms with Crippen molar-refractivity contribution in [2.24, 2.45) is 0 Å². The summed E-state index contributed by atoms with van der Waals surface area (Å²) in [5.41, 5.74) is 7.98. The summed E-state index contributed by atoms with van der Waals surface area (Å²) in [5, 5.41) is 0. The number of hydrogen-bond acceptors (Lipinski definition) is 4. The fourth-order valence-corrected chi connectivity index (χ4v) is 2.67. The Morgan fingerprint density at radius 1 is 0.880 bits per heavy atom. The van der Waals surface area contributed by atoms with Crippen LogP contribution in [0.4, 0.5) is 10.5 Å². The highest BCUT2D eigenvalue weighted by molar-refractivity contribution is 5.94. The van der Waals surface area contributed by atoms with E-state index in [1.54, 1.807) is 46.2 Å². The fourth-order valence-electron chi connectivity index (χ4n) is 2.67. The van der Waals surface area contributed by atoms with Crippen molar-refractivity contribution >= 4 is 17.7 Å². The van der Waals surface area contributed by atoms with E-state index in [1.807, 2.05) is 19.1 Å². The zero-order valence-electron chi connectivity index (χ0n) is 14.1. The molecule has 2 N–H and O–H groups in total. The number of carbonyl (C=O) groups excluding carboxylic acids is 2. The van der Waals surface area contributed by atoms with E-state index >= 15 is 0 Å². The molecule has 6 heteroatoms. The van der Waals surface area contributed by atoms with Crippen LogP contribution in [0.25, 0.3) is 0 Å². The molecule has 0 unspecified atom stereocenters. The Morgan fingerprint density at radius 2 is 1.44 bits per heavy atom. The predicted molar refractivity (Wildman–Crippen MR) is 95.5 cm³/mol. The first-order valence-electron chi connectivity index (χ1n) is 8.21. The summed E-state index contributed by atoms with van der Waals surface area (Å²) >= 11 is 0. The van der Waals surface area contributed by atoms with Crippen LogP contribution in [0, 0.1) is 6.92 Å². The van der Waals surface area contributed by atoms with Gasteiger partial charge in [-0.2, -0.15) is 0 Å². The number of ether oxygens (including phenoxy) is 1. The van der Waals surface area contributed by atoms with Gasteiger partial charge in [0.1, 0.15) is 5.75 Å². The van der Waals surface area contributed by atoms with E-state index in [0.29, 0.717) is 43.2 Å². The second-order valence-electron chi connectivity index (χ2n) is 6.08. The molecule has 1 saturated heterocycles. The Labute approximate surface area is 146 Å². The summed E-state index contributed by atoms with van der Waals surface area (Å²) in [6.07, 6.45) is -0.386. The zero-order valence-corrected chi connectivity index (χ0v) is 14.1. The third kappa shape index (κ3) is 4.09. The summed E-state index contributed by atoms with van der Waals surface area (Å²) in [4.78, 5) is 28.0. The van der Waals surface area contributed by atoms with Crippen LogP contribution >= 0.6 is 0 Å². The van der Waals surface area contributed by atoms with Gasteiger partial charge in [0.25, 0.3) is 5.91 Å². The molecule has 2 aromatic rings. The fraction of sp³-hybridized carbons (Fsp3) is 0.263. The first kappa shape index (κ1) is 16.8.